The van der Waals surface area contributed by atoms with Crippen LogP contribution in [-0.4, -0.2) is 17.0 Å². The van der Waals surface area contributed by atoms with E-state index in [-0.39, 0.29) is 17.0 Å². The number of rotatable bonds is 3. The first-order valence-corrected chi connectivity index (χ1v) is 7.34. The van der Waals surface area contributed by atoms with Crippen LogP contribution in [0.25, 0.3) is 10.8 Å². The second kappa shape index (κ2) is 6.50. The number of nitrogen functional groups attached to an aromatic ring is 2. The summed E-state index contributed by atoms with van der Waals surface area (Å²) in [5, 5.41) is 10.6. The van der Waals surface area contributed by atoms with E-state index in [1.165, 1.54) is 30.3 Å². The van der Waals surface area contributed by atoms with Gasteiger partial charge in [0.2, 0.25) is 0 Å². The highest BCUT2D eigenvalue weighted by molar-refractivity contribution is 6.09. The number of phenols is 1. The van der Waals surface area contributed by atoms with Gasteiger partial charge in [-0.2, -0.15) is 0 Å². The fourth-order valence-electron chi connectivity index (χ4n) is 2.48. The number of carbonyl (C=O) groups is 2. The second-order valence-corrected chi connectivity index (χ2v) is 5.29. The quantitative estimate of drug-likeness (QED) is 0.110. The van der Waals surface area contributed by atoms with Gasteiger partial charge in [-0.1, -0.05) is 24.3 Å². The summed E-state index contributed by atoms with van der Waals surface area (Å²) in [6, 6.07) is 14.1. The first kappa shape index (κ1) is 16.3. The van der Waals surface area contributed by atoms with Crippen LogP contribution in [0.2, 0.25) is 0 Å². The Morgan fingerprint density at radius 2 is 1.72 bits per heavy atom. The zero-order valence-corrected chi connectivity index (χ0v) is 13.0. The summed E-state index contributed by atoms with van der Waals surface area (Å²) < 4.78 is 5.44. The number of hydrogen-bond donors (Lipinski definition) is 4. The van der Waals surface area contributed by atoms with Gasteiger partial charge in [-0.3, -0.25) is 10.2 Å². The Bertz CT molecular complexity index is 985. The molecule has 0 bridgehead atoms. The van der Waals surface area contributed by atoms with Crippen molar-refractivity contribution in [1.82, 2.24) is 5.43 Å². The minimum Gasteiger partial charge on any atom is -0.506 e. The van der Waals surface area contributed by atoms with Crippen LogP contribution < -0.4 is 21.7 Å². The fraction of sp³-hybridized carbons (Fsp3) is 0. The molecule has 3 aromatic carbocycles. The molecule has 0 aliphatic heterocycles. The number of nitrogens with one attached hydrogen (secondary N) is 1. The summed E-state index contributed by atoms with van der Waals surface area (Å²) in [6.45, 7) is 0. The lowest BCUT2D eigenvalue weighted by molar-refractivity contribution is 0.0737. The van der Waals surface area contributed by atoms with E-state index < -0.39 is 11.9 Å². The van der Waals surface area contributed by atoms with E-state index in [0.29, 0.717) is 22.1 Å². The molecule has 126 valence electrons. The molecule has 0 radical (unpaired) electrons. The summed E-state index contributed by atoms with van der Waals surface area (Å²) in [7, 11) is 0. The number of hydrazine groups is 1. The number of fused-ring (bicyclic) bond motifs is 1. The topological polar surface area (TPSA) is 128 Å². The van der Waals surface area contributed by atoms with Gasteiger partial charge in [0.25, 0.3) is 5.91 Å². The zero-order chi connectivity index (χ0) is 18.0. The van der Waals surface area contributed by atoms with E-state index in [0.717, 1.165) is 0 Å². The van der Waals surface area contributed by atoms with Crippen molar-refractivity contribution in [3.8, 4) is 11.5 Å². The Hall–Kier alpha value is -3.58. The minimum absolute atomic E-state index is 0.0780. The van der Waals surface area contributed by atoms with Crippen LogP contribution in [0, 0.1) is 0 Å². The molecule has 0 saturated heterocycles. The summed E-state index contributed by atoms with van der Waals surface area (Å²) in [5.74, 6) is 4.30. The number of hydrogen-bond acceptors (Lipinski definition) is 6. The predicted molar refractivity (Wildman–Crippen MR) is 93.1 cm³/mol. The maximum Gasteiger partial charge on any atom is 0.343 e. The highest BCUT2D eigenvalue weighted by Gasteiger charge is 2.16. The lowest BCUT2D eigenvalue weighted by Crippen LogP contribution is -2.30. The number of amides is 1. The van der Waals surface area contributed by atoms with Crippen LogP contribution in [0.1, 0.15) is 20.7 Å². The maximum absolute atomic E-state index is 12.3. The Labute approximate surface area is 142 Å². The molecule has 0 unspecified atom stereocenters. The van der Waals surface area contributed by atoms with E-state index in [1.807, 2.05) is 0 Å². The molecule has 7 heteroatoms. The van der Waals surface area contributed by atoms with Crippen LogP contribution in [-0.2, 0) is 0 Å². The Balaban J connectivity index is 2.00. The number of esters is 1. The summed E-state index contributed by atoms with van der Waals surface area (Å²) in [6.07, 6.45) is 0. The first-order chi connectivity index (χ1) is 12.0. The van der Waals surface area contributed by atoms with Crippen molar-refractivity contribution in [3.05, 3.63) is 65.7 Å². The van der Waals surface area contributed by atoms with Crippen molar-refractivity contribution in [3.63, 3.8) is 0 Å². The van der Waals surface area contributed by atoms with Gasteiger partial charge in [0.15, 0.2) is 0 Å². The number of anilines is 1. The summed E-state index contributed by atoms with van der Waals surface area (Å²) in [4.78, 5) is 24.2. The van der Waals surface area contributed by atoms with Gasteiger partial charge in [0.1, 0.15) is 11.5 Å². The van der Waals surface area contributed by atoms with Gasteiger partial charge >= 0.3 is 5.97 Å². The van der Waals surface area contributed by atoms with Crippen molar-refractivity contribution in [2.45, 2.75) is 0 Å². The van der Waals surface area contributed by atoms with E-state index in [4.69, 9.17) is 16.3 Å². The summed E-state index contributed by atoms with van der Waals surface area (Å²) >= 11 is 0. The monoisotopic (exact) mass is 337 g/mol. The molecule has 25 heavy (non-hydrogen) atoms. The molecule has 0 aliphatic rings. The van der Waals surface area contributed by atoms with Gasteiger partial charge < -0.3 is 15.6 Å². The predicted octanol–water partition coefficient (Wildman–Crippen LogP) is 1.95. The normalized spacial score (nSPS) is 10.4. The SMILES string of the molecule is NNC(=O)c1ccc(OC(=O)c2ccc(O)c(N)c2)c2ccccc12. The van der Waals surface area contributed by atoms with Crippen LogP contribution in [0.4, 0.5) is 5.69 Å². The molecule has 3 rings (SSSR count). The molecule has 0 saturated carbocycles. The highest BCUT2D eigenvalue weighted by atomic mass is 16.5. The fourth-order valence-corrected chi connectivity index (χ4v) is 2.48. The molecule has 6 N–H and O–H groups in total. The Morgan fingerprint density at radius 3 is 2.40 bits per heavy atom. The standard InChI is InChI=1S/C18H15N3O4/c19-14-9-10(5-7-15(14)22)18(24)25-16-8-6-13(17(23)21-20)11-3-1-2-4-12(11)16/h1-9,22H,19-20H2,(H,21,23). The molecule has 7 nitrogen and oxygen atoms in total. The van der Waals surface area contributed by atoms with Gasteiger partial charge in [0, 0.05) is 10.9 Å². The van der Waals surface area contributed by atoms with Gasteiger partial charge in [-0.15, -0.1) is 0 Å². The number of phenolic OH excluding ortho intramolecular Hbond substituents is 1. The van der Waals surface area contributed by atoms with E-state index in [1.54, 1.807) is 24.3 Å². The highest BCUT2D eigenvalue weighted by Crippen LogP contribution is 2.29. The van der Waals surface area contributed by atoms with E-state index in [9.17, 15) is 14.7 Å². The van der Waals surface area contributed by atoms with Crippen molar-refractivity contribution in [1.29, 1.82) is 0 Å². The average Bonchev–Trinajstić information content (AvgIpc) is 2.63. The third-order valence-corrected chi connectivity index (χ3v) is 3.73. The largest absolute Gasteiger partial charge is 0.506 e. The smallest absolute Gasteiger partial charge is 0.343 e. The number of nitrogens with two attached hydrogens (primary N) is 2. The maximum atomic E-state index is 12.3. The Kier molecular flexibility index (Phi) is 4.23. The number of carbonyl (C=O) groups excluding carboxylic acids is 2. The van der Waals surface area contributed by atoms with Crippen molar-refractivity contribution in [2.24, 2.45) is 5.84 Å². The summed E-state index contributed by atoms with van der Waals surface area (Å²) in [5.41, 5.74) is 8.33. The van der Waals surface area contributed by atoms with Gasteiger partial charge in [-0.25, -0.2) is 10.6 Å². The van der Waals surface area contributed by atoms with E-state index in [2.05, 4.69) is 5.43 Å². The molecule has 0 fully saturated rings. The van der Waals surface area contributed by atoms with Crippen LogP contribution in [0.3, 0.4) is 0 Å². The number of aromatic hydroxyl groups is 1. The molecular weight excluding hydrogens is 322 g/mol. The molecule has 1 amide bonds. The van der Waals surface area contributed by atoms with Crippen LogP contribution in [0.5, 0.6) is 11.5 Å². The van der Waals surface area contributed by atoms with Crippen molar-refractivity contribution >= 4 is 28.3 Å². The number of benzene rings is 3. The van der Waals surface area contributed by atoms with Gasteiger partial charge in [0.05, 0.1) is 11.3 Å². The van der Waals surface area contributed by atoms with Crippen LogP contribution in [0.15, 0.2) is 54.6 Å². The van der Waals surface area contributed by atoms with Crippen molar-refractivity contribution in [2.75, 3.05) is 5.73 Å². The van der Waals surface area contributed by atoms with Crippen molar-refractivity contribution < 1.29 is 19.4 Å². The molecule has 0 heterocycles. The molecule has 0 atom stereocenters. The lowest BCUT2D eigenvalue weighted by Gasteiger charge is -2.11. The zero-order valence-electron chi connectivity index (χ0n) is 13.0. The molecular formula is C18H15N3O4. The molecule has 0 aromatic heterocycles. The molecule has 0 aliphatic carbocycles. The third kappa shape index (κ3) is 3.08. The number of ether oxygens (including phenoxy) is 1. The third-order valence-electron chi connectivity index (χ3n) is 3.73. The molecule has 3 aromatic rings. The second-order valence-electron chi connectivity index (χ2n) is 5.29. The van der Waals surface area contributed by atoms with E-state index >= 15 is 0 Å². The van der Waals surface area contributed by atoms with Gasteiger partial charge in [-0.05, 0) is 35.7 Å². The van der Waals surface area contributed by atoms with Crippen LogP contribution >= 0.6 is 0 Å². The minimum atomic E-state index is -0.632. The average molecular weight is 337 g/mol. The molecule has 0 spiro atoms. The first-order valence-electron chi connectivity index (χ1n) is 7.34. The Morgan fingerprint density at radius 1 is 1.00 bits per heavy atom. The lowest BCUT2D eigenvalue weighted by atomic mass is 10.0.